The van der Waals surface area contributed by atoms with Gasteiger partial charge in [0.15, 0.2) is 6.61 Å². The maximum Gasteiger partial charge on any atom is 0.308 e. The van der Waals surface area contributed by atoms with Crippen LogP contribution in [0.25, 0.3) is 0 Å². The van der Waals surface area contributed by atoms with Crippen molar-refractivity contribution in [2.24, 2.45) is 11.8 Å². The summed E-state index contributed by atoms with van der Waals surface area (Å²) in [5.74, 6) is 0.0214. The Labute approximate surface area is 150 Å². The molecule has 0 bridgehead atoms. The first-order valence-electron chi connectivity index (χ1n) is 8.54. The van der Waals surface area contributed by atoms with E-state index >= 15 is 0 Å². The summed E-state index contributed by atoms with van der Waals surface area (Å²) in [5.41, 5.74) is 0.503. The first-order valence-corrected chi connectivity index (χ1v) is 8.54. The number of carbonyl (C=O) groups excluding carboxylic acids is 1. The number of carbonyl (C=O) groups is 2. The second-order valence-corrected chi connectivity index (χ2v) is 6.40. The number of carboxylic acid groups (broad SMARTS) is 1. The van der Waals surface area contributed by atoms with Crippen LogP contribution in [0.4, 0.5) is 0 Å². The van der Waals surface area contributed by atoms with Gasteiger partial charge in [0, 0.05) is 25.1 Å². The lowest BCUT2D eigenvalue weighted by Crippen LogP contribution is -2.29. The number of ether oxygens (including phenoxy) is 1. The van der Waals surface area contributed by atoms with Gasteiger partial charge in [0.2, 0.25) is 11.7 Å². The van der Waals surface area contributed by atoms with Gasteiger partial charge in [0.05, 0.1) is 5.92 Å². The van der Waals surface area contributed by atoms with Crippen molar-refractivity contribution >= 4 is 11.9 Å². The molecule has 1 saturated heterocycles. The molecule has 1 amide bonds. The number of benzene rings is 1. The van der Waals surface area contributed by atoms with Crippen molar-refractivity contribution in [1.82, 2.24) is 15.0 Å². The maximum atomic E-state index is 12.5. The average Bonchev–Trinajstić information content (AvgIpc) is 3.26. The van der Waals surface area contributed by atoms with Crippen molar-refractivity contribution in [1.29, 1.82) is 0 Å². The zero-order valence-corrected chi connectivity index (χ0v) is 14.7. The Kier molecular flexibility index (Phi) is 5.20. The number of carboxylic acids is 1. The molecule has 138 valence electrons. The molecule has 3 rings (SSSR count). The zero-order valence-electron chi connectivity index (χ0n) is 14.7. The van der Waals surface area contributed by atoms with Crippen molar-refractivity contribution in [3.05, 3.63) is 41.5 Å². The minimum absolute atomic E-state index is 0.0537. The summed E-state index contributed by atoms with van der Waals surface area (Å²) in [6, 6.07) is 6.73. The lowest BCUT2D eigenvalue weighted by Gasteiger charge is -2.16. The molecule has 1 aromatic carbocycles. The Hall–Kier alpha value is -2.90. The van der Waals surface area contributed by atoms with E-state index in [1.165, 1.54) is 0 Å². The Balaban J connectivity index is 1.58. The van der Waals surface area contributed by atoms with Gasteiger partial charge in [-0.2, -0.15) is 4.98 Å². The monoisotopic (exact) mass is 359 g/mol. The van der Waals surface area contributed by atoms with E-state index in [0.29, 0.717) is 36.0 Å². The van der Waals surface area contributed by atoms with Crippen LogP contribution < -0.4 is 4.74 Å². The van der Waals surface area contributed by atoms with Gasteiger partial charge in [-0.1, -0.05) is 19.0 Å². The molecule has 0 spiro atoms. The second kappa shape index (κ2) is 7.55. The number of aliphatic carboxylic acids is 1. The molecular weight excluding hydrogens is 338 g/mol. The highest BCUT2D eigenvalue weighted by atomic mass is 16.5. The van der Waals surface area contributed by atoms with Gasteiger partial charge < -0.3 is 19.3 Å². The number of hydrogen-bond donors (Lipinski definition) is 1. The molecular formula is C18H21N3O5. The summed E-state index contributed by atoms with van der Waals surface area (Å²) in [5, 5.41) is 13.0. The summed E-state index contributed by atoms with van der Waals surface area (Å²) in [6.07, 6.45) is 0.668. The van der Waals surface area contributed by atoms with Crippen LogP contribution >= 0.6 is 0 Å². The van der Waals surface area contributed by atoms with Gasteiger partial charge in [-0.15, -0.1) is 0 Å². The van der Waals surface area contributed by atoms with Gasteiger partial charge in [0.1, 0.15) is 5.75 Å². The topological polar surface area (TPSA) is 106 Å². The fourth-order valence-electron chi connectivity index (χ4n) is 2.97. The van der Waals surface area contributed by atoms with Crippen LogP contribution in [0.15, 0.2) is 28.8 Å². The molecule has 8 nitrogen and oxygen atoms in total. The van der Waals surface area contributed by atoms with E-state index < -0.39 is 11.9 Å². The molecule has 1 aliphatic rings. The van der Waals surface area contributed by atoms with Crippen LogP contribution in [0.5, 0.6) is 5.75 Å². The molecule has 2 atom stereocenters. The number of nitrogens with zero attached hydrogens (tertiary/aromatic N) is 3. The van der Waals surface area contributed by atoms with Gasteiger partial charge in [-0.05, 0) is 30.2 Å². The van der Waals surface area contributed by atoms with E-state index in [9.17, 15) is 14.7 Å². The molecule has 0 saturated carbocycles. The normalized spacial score (nSPS) is 19.5. The van der Waals surface area contributed by atoms with E-state index in [2.05, 4.69) is 10.1 Å². The smallest absolute Gasteiger partial charge is 0.308 e. The molecule has 1 fully saturated rings. The van der Waals surface area contributed by atoms with E-state index in [1.807, 2.05) is 13.8 Å². The van der Waals surface area contributed by atoms with Crippen LogP contribution in [-0.2, 0) is 17.8 Å². The molecule has 1 N–H and O–H groups in total. The molecule has 0 radical (unpaired) electrons. The highest BCUT2D eigenvalue weighted by Crippen LogP contribution is 2.25. The van der Waals surface area contributed by atoms with Gasteiger partial charge in [-0.25, -0.2) is 0 Å². The Morgan fingerprint density at radius 2 is 2.04 bits per heavy atom. The Morgan fingerprint density at radius 3 is 2.62 bits per heavy atom. The zero-order chi connectivity index (χ0) is 18.7. The fraction of sp³-hybridized carbons (Fsp3) is 0.444. The lowest BCUT2D eigenvalue weighted by atomic mass is 9.99. The van der Waals surface area contributed by atoms with Crippen LogP contribution in [0.3, 0.4) is 0 Å². The molecule has 2 aromatic rings. The summed E-state index contributed by atoms with van der Waals surface area (Å²) in [4.78, 5) is 29.5. The van der Waals surface area contributed by atoms with Crippen LogP contribution in [0, 0.1) is 11.8 Å². The van der Waals surface area contributed by atoms with Crippen LogP contribution in [-0.4, -0.2) is 45.1 Å². The highest BCUT2D eigenvalue weighted by molar-refractivity contribution is 5.95. The van der Waals surface area contributed by atoms with E-state index in [1.54, 1.807) is 29.2 Å². The minimum atomic E-state index is -0.857. The number of hydrogen-bond acceptors (Lipinski definition) is 6. The third-order valence-corrected chi connectivity index (χ3v) is 4.50. The fourth-order valence-corrected chi connectivity index (χ4v) is 2.97. The third-order valence-electron chi connectivity index (χ3n) is 4.50. The molecule has 8 heteroatoms. The largest absolute Gasteiger partial charge is 0.485 e. The van der Waals surface area contributed by atoms with Crippen molar-refractivity contribution < 1.29 is 24.0 Å². The highest BCUT2D eigenvalue weighted by Gasteiger charge is 2.37. The first kappa shape index (κ1) is 17.9. The molecule has 0 aliphatic carbocycles. The van der Waals surface area contributed by atoms with Gasteiger partial charge in [0.25, 0.3) is 5.91 Å². The summed E-state index contributed by atoms with van der Waals surface area (Å²) in [7, 11) is 0. The minimum Gasteiger partial charge on any atom is -0.485 e. The molecule has 1 aliphatic heterocycles. The Bertz CT molecular complexity index is 786. The number of aromatic nitrogens is 2. The molecule has 1 aromatic heterocycles. The van der Waals surface area contributed by atoms with Crippen LogP contribution in [0.2, 0.25) is 0 Å². The summed E-state index contributed by atoms with van der Waals surface area (Å²) < 4.78 is 10.6. The first-order chi connectivity index (χ1) is 12.5. The third kappa shape index (κ3) is 3.84. The SMILES string of the molecule is CCc1nc(COc2ccc(C(=O)N3C[C@@H](C)[C@H](C(=O)O)C3)cc2)no1. The van der Waals surface area contributed by atoms with Crippen molar-refractivity contribution in [2.45, 2.75) is 26.9 Å². The number of aryl methyl sites for hydroxylation is 1. The summed E-state index contributed by atoms with van der Waals surface area (Å²) in [6.45, 7) is 4.65. The second-order valence-electron chi connectivity index (χ2n) is 6.40. The predicted molar refractivity (Wildman–Crippen MR) is 90.6 cm³/mol. The van der Waals surface area contributed by atoms with Gasteiger partial charge in [-0.3, -0.25) is 9.59 Å². The average molecular weight is 359 g/mol. The van der Waals surface area contributed by atoms with Crippen molar-refractivity contribution in [3.63, 3.8) is 0 Å². The van der Waals surface area contributed by atoms with Crippen LogP contribution in [0.1, 0.15) is 35.9 Å². The van der Waals surface area contributed by atoms with Crippen molar-refractivity contribution in [2.75, 3.05) is 13.1 Å². The van der Waals surface area contributed by atoms with E-state index in [-0.39, 0.29) is 25.0 Å². The number of likely N-dealkylation sites (tertiary alicyclic amines) is 1. The molecule has 0 unspecified atom stereocenters. The maximum absolute atomic E-state index is 12.5. The predicted octanol–water partition coefficient (Wildman–Crippen LogP) is 2.00. The standard InChI is InChI=1S/C18H21N3O5/c1-3-16-19-15(20-26-16)10-25-13-6-4-12(5-7-13)17(22)21-8-11(2)14(9-21)18(23)24/h4-7,11,14H,3,8-10H2,1-2H3,(H,23,24)/t11-,14-/m1/s1. The van der Waals surface area contributed by atoms with E-state index in [0.717, 1.165) is 0 Å². The summed E-state index contributed by atoms with van der Waals surface area (Å²) >= 11 is 0. The van der Waals surface area contributed by atoms with Gasteiger partial charge >= 0.3 is 5.97 Å². The van der Waals surface area contributed by atoms with Crippen molar-refractivity contribution in [3.8, 4) is 5.75 Å². The number of rotatable bonds is 6. The quantitative estimate of drug-likeness (QED) is 0.841. The molecule has 2 heterocycles. The Morgan fingerprint density at radius 1 is 1.31 bits per heavy atom. The number of amides is 1. The van der Waals surface area contributed by atoms with E-state index in [4.69, 9.17) is 9.26 Å². The lowest BCUT2D eigenvalue weighted by molar-refractivity contribution is -0.142. The molecule has 26 heavy (non-hydrogen) atoms.